The summed E-state index contributed by atoms with van der Waals surface area (Å²) in [7, 11) is 1.70. The number of aryl methyl sites for hydroxylation is 1. The van der Waals surface area contributed by atoms with Crippen LogP contribution < -0.4 is 10.1 Å². The van der Waals surface area contributed by atoms with Crippen LogP contribution in [0, 0.1) is 6.92 Å². The van der Waals surface area contributed by atoms with E-state index in [1.54, 1.807) is 7.11 Å². The number of methoxy groups -OCH3 is 1. The topological polar surface area (TPSA) is 50.7 Å². The summed E-state index contributed by atoms with van der Waals surface area (Å²) in [4.78, 5) is 0. The maximum absolute atomic E-state index is 10.1. The van der Waals surface area contributed by atoms with Gasteiger partial charge in [0.05, 0.1) is 12.7 Å². The number of hydrogen-bond acceptors (Lipinski definition) is 4. The molecule has 0 saturated heterocycles. The molecule has 1 aliphatic rings. The second kappa shape index (κ2) is 8.37. The van der Waals surface area contributed by atoms with Crippen molar-refractivity contribution in [2.24, 2.45) is 0 Å². The third kappa shape index (κ3) is 4.70. The van der Waals surface area contributed by atoms with Gasteiger partial charge in [-0.2, -0.15) is 0 Å². The molecular formula is C17H27NO3. The zero-order valence-corrected chi connectivity index (χ0v) is 13.1. The monoisotopic (exact) mass is 293 g/mol. The van der Waals surface area contributed by atoms with Gasteiger partial charge in [-0.3, -0.25) is 0 Å². The van der Waals surface area contributed by atoms with Crippen molar-refractivity contribution in [2.75, 3.05) is 20.3 Å². The average molecular weight is 293 g/mol. The zero-order valence-electron chi connectivity index (χ0n) is 13.1. The van der Waals surface area contributed by atoms with Gasteiger partial charge in [0, 0.05) is 25.8 Å². The molecule has 4 heteroatoms. The number of benzene rings is 1. The average Bonchev–Trinajstić information content (AvgIpc) is 2.49. The first-order valence-electron chi connectivity index (χ1n) is 7.85. The van der Waals surface area contributed by atoms with E-state index in [-0.39, 0.29) is 12.2 Å². The van der Waals surface area contributed by atoms with E-state index in [1.807, 2.05) is 6.07 Å². The molecule has 0 aliphatic heterocycles. The molecule has 0 bridgehead atoms. The summed E-state index contributed by atoms with van der Waals surface area (Å²) in [6, 6.07) is 6.19. The highest BCUT2D eigenvalue weighted by Gasteiger charge is 2.25. The smallest absolute Gasteiger partial charge is 0.127 e. The van der Waals surface area contributed by atoms with Gasteiger partial charge >= 0.3 is 0 Å². The van der Waals surface area contributed by atoms with Crippen LogP contribution in [0.5, 0.6) is 5.75 Å². The predicted octanol–water partition coefficient (Wildman–Crippen LogP) is 2.41. The lowest BCUT2D eigenvalue weighted by Crippen LogP contribution is -2.35. The van der Waals surface area contributed by atoms with Gasteiger partial charge in [0.15, 0.2) is 0 Å². The number of aliphatic hydroxyl groups is 1. The Hall–Kier alpha value is -1.10. The zero-order chi connectivity index (χ0) is 15.1. The van der Waals surface area contributed by atoms with Crippen LogP contribution in [0.15, 0.2) is 18.2 Å². The summed E-state index contributed by atoms with van der Waals surface area (Å²) in [5, 5.41) is 13.5. The molecule has 0 heterocycles. The van der Waals surface area contributed by atoms with Crippen molar-refractivity contribution in [1.82, 2.24) is 5.32 Å². The van der Waals surface area contributed by atoms with E-state index < -0.39 is 0 Å². The minimum atomic E-state index is -0.340. The molecule has 1 aromatic carbocycles. The van der Waals surface area contributed by atoms with Gasteiger partial charge < -0.3 is 19.9 Å². The van der Waals surface area contributed by atoms with Crippen molar-refractivity contribution < 1.29 is 14.6 Å². The lowest BCUT2D eigenvalue weighted by Gasteiger charge is -2.29. The third-order valence-electron chi connectivity index (χ3n) is 4.03. The van der Waals surface area contributed by atoms with Crippen LogP contribution in [0.25, 0.3) is 0 Å². The molecule has 0 spiro atoms. The third-order valence-corrected chi connectivity index (χ3v) is 4.03. The molecule has 2 atom stereocenters. The molecule has 0 amide bonds. The highest BCUT2D eigenvalue weighted by atomic mass is 16.5. The van der Waals surface area contributed by atoms with E-state index in [9.17, 15) is 5.11 Å². The predicted molar refractivity (Wildman–Crippen MR) is 83.7 cm³/mol. The number of ether oxygens (including phenoxy) is 2. The molecule has 1 aliphatic carbocycles. The number of aliphatic hydroxyl groups excluding tert-OH is 1. The Bertz CT molecular complexity index is 436. The summed E-state index contributed by atoms with van der Waals surface area (Å²) < 4.78 is 11.2. The molecule has 21 heavy (non-hydrogen) atoms. The number of hydrogen-bond donors (Lipinski definition) is 2. The molecule has 1 fully saturated rings. The Morgan fingerprint density at radius 1 is 1.29 bits per heavy atom. The quantitative estimate of drug-likeness (QED) is 0.758. The Morgan fingerprint density at radius 3 is 2.86 bits per heavy atom. The fraction of sp³-hybridized carbons (Fsp3) is 0.647. The molecule has 4 nitrogen and oxygen atoms in total. The largest absolute Gasteiger partial charge is 0.487 e. The SMILES string of the molecule is COCCNCc1cccc(C)c1OC1CCCCC1O. The van der Waals surface area contributed by atoms with Gasteiger partial charge in [-0.05, 0) is 31.7 Å². The minimum Gasteiger partial charge on any atom is -0.487 e. The standard InChI is InChI=1S/C17H27NO3/c1-13-6-5-7-14(12-18-10-11-20-2)17(13)21-16-9-4-3-8-15(16)19/h5-7,15-16,18-19H,3-4,8-12H2,1-2H3. The van der Waals surface area contributed by atoms with Crippen LogP contribution in [0.1, 0.15) is 36.8 Å². The molecule has 0 aromatic heterocycles. The van der Waals surface area contributed by atoms with Crippen molar-refractivity contribution in [1.29, 1.82) is 0 Å². The van der Waals surface area contributed by atoms with E-state index in [0.717, 1.165) is 55.6 Å². The molecule has 118 valence electrons. The van der Waals surface area contributed by atoms with Gasteiger partial charge in [0.2, 0.25) is 0 Å². The fourth-order valence-electron chi connectivity index (χ4n) is 2.78. The van der Waals surface area contributed by atoms with Gasteiger partial charge in [-0.25, -0.2) is 0 Å². The summed E-state index contributed by atoms with van der Waals surface area (Å²) >= 11 is 0. The first-order chi connectivity index (χ1) is 10.2. The fourth-order valence-corrected chi connectivity index (χ4v) is 2.78. The first-order valence-corrected chi connectivity index (χ1v) is 7.85. The van der Waals surface area contributed by atoms with Crippen molar-refractivity contribution in [3.05, 3.63) is 29.3 Å². The van der Waals surface area contributed by atoms with Crippen LogP contribution in [0.2, 0.25) is 0 Å². The van der Waals surface area contributed by atoms with Gasteiger partial charge in [0.1, 0.15) is 11.9 Å². The number of rotatable bonds is 7. The normalized spacial score (nSPS) is 22.2. The maximum Gasteiger partial charge on any atom is 0.127 e. The van der Waals surface area contributed by atoms with Crippen LogP contribution >= 0.6 is 0 Å². The van der Waals surface area contributed by atoms with Crippen molar-refractivity contribution in [3.63, 3.8) is 0 Å². The van der Waals surface area contributed by atoms with E-state index >= 15 is 0 Å². The summed E-state index contributed by atoms with van der Waals surface area (Å²) in [5.41, 5.74) is 2.27. The van der Waals surface area contributed by atoms with Crippen molar-refractivity contribution in [2.45, 2.75) is 51.4 Å². The van der Waals surface area contributed by atoms with Crippen LogP contribution in [-0.4, -0.2) is 37.6 Å². The van der Waals surface area contributed by atoms with Gasteiger partial charge in [-0.1, -0.05) is 24.6 Å². The molecular weight excluding hydrogens is 266 g/mol. The lowest BCUT2D eigenvalue weighted by atomic mass is 9.94. The minimum absolute atomic E-state index is 0.0717. The number of para-hydroxylation sites is 1. The summed E-state index contributed by atoms with van der Waals surface area (Å²) in [5.74, 6) is 0.924. The number of nitrogens with one attached hydrogen (secondary N) is 1. The molecule has 2 N–H and O–H groups in total. The van der Waals surface area contributed by atoms with Crippen molar-refractivity contribution in [3.8, 4) is 5.75 Å². The van der Waals surface area contributed by atoms with E-state index in [0.29, 0.717) is 6.61 Å². The molecule has 1 saturated carbocycles. The van der Waals surface area contributed by atoms with Gasteiger partial charge in [-0.15, -0.1) is 0 Å². The van der Waals surface area contributed by atoms with Crippen LogP contribution in [0.4, 0.5) is 0 Å². The van der Waals surface area contributed by atoms with Crippen LogP contribution in [0.3, 0.4) is 0 Å². The second-order valence-corrected chi connectivity index (χ2v) is 5.74. The lowest BCUT2D eigenvalue weighted by molar-refractivity contribution is 0.00601. The molecule has 2 rings (SSSR count). The van der Waals surface area contributed by atoms with E-state index in [4.69, 9.17) is 9.47 Å². The van der Waals surface area contributed by atoms with Crippen molar-refractivity contribution >= 4 is 0 Å². The Morgan fingerprint density at radius 2 is 2.10 bits per heavy atom. The first kappa shape index (κ1) is 16.3. The summed E-state index contributed by atoms with van der Waals surface area (Å²) in [6.45, 7) is 4.33. The molecule has 1 aromatic rings. The maximum atomic E-state index is 10.1. The Balaban J connectivity index is 2.02. The van der Waals surface area contributed by atoms with E-state index in [1.165, 1.54) is 0 Å². The second-order valence-electron chi connectivity index (χ2n) is 5.74. The Kier molecular flexibility index (Phi) is 6.49. The van der Waals surface area contributed by atoms with E-state index in [2.05, 4.69) is 24.4 Å². The van der Waals surface area contributed by atoms with Crippen LogP contribution in [-0.2, 0) is 11.3 Å². The summed E-state index contributed by atoms with van der Waals surface area (Å²) in [6.07, 6.45) is 3.60. The van der Waals surface area contributed by atoms with Gasteiger partial charge in [0.25, 0.3) is 0 Å². The highest BCUT2D eigenvalue weighted by molar-refractivity contribution is 5.41. The Labute approximate surface area is 127 Å². The highest BCUT2D eigenvalue weighted by Crippen LogP contribution is 2.29. The molecule has 2 unspecified atom stereocenters. The molecule has 0 radical (unpaired) electrons.